The molecule has 1 aliphatic heterocycles. The maximum Gasteiger partial charge on any atom is 0.341 e. The van der Waals surface area contributed by atoms with E-state index >= 15 is 0 Å². The van der Waals surface area contributed by atoms with Crippen molar-refractivity contribution in [2.24, 2.45) is 0 Å². The van der Waals surface area contributed by atoms with Crippen LogP contribution in [0.15, 0.2) is 72.8 Å². The van der Waals surface area contributed by atoms with E-state index in [0.29, 0.717) is 11.7 Å². The number of hydrogen-bond acceptors (Lipinski definition) is 4. The molecule has 0 bridgehead atoms. The molecule has 0 amide bonds. The summed E-state index contributed by atoms with van der Waals surface area (Å²) in [4.78, 5) is 14.9. The van der Waals surface area contributed by atoms with Crippen LogP contribution in [-0.2, 0) is 4.74 Å². The van der Waals surface area contributed by atoms with Crippen LogP contribution in [-0.4, -0.2) is 35.7 Å². The largest absolute Gasteiger partial charge is 0.487 e. The SMILES string of the molecule is CC(C)(C)OC(=O)c1cc(C2CC2)c(OC2CN(C(c3ccccc3)c3ccccc3)C2)cc1F. The maximum absolute atomic E-state index is 15.0. The van der Waals surface area contributed by atoms with Gasteiger partial charge in [0.15, 0.2) is 0 Å². The third kappa shape index (κ3) is 5.40. The van der Waals surface area contributed by atoms with Crippen LogP contribution in [0.25, 0.3) is 0 Å². The van der Waals surface area contributed by atoms with E-state index in [2.05, 4.69) is 53.4 Å². The zero-order chi connectivity index (χ0) is 24.6. The van der Waals surface area contributed by atoms with E-state index in [1.807, 2.05) is 12.1 Å². The number of esters is 1. The Hall–Kier alpha value is -3.18. The van der Waals surface area contributed by atoms with E-state index in [1.54, 1.807) is 26.8 Å². The predicted molar refractivity (Wildman–Crippen MR) is 134 cm³/mol. The lowest BCUT2D eigenvalue weighted by Gasteiger charge is -2.44. The van der Waals surface area contributed by atoms with Crippen molar-refractivity contribution in [3.8, 4) is 5.75 Å². The molecule has 1 saturated heterocycles. The van der Waals surface area contributed by atoms with Crippen molar-refractivity contribution in [3.63, 3.8) is 0 Å². The van der Waals surface area contributed by atoms with Gasteiger partial charge in [-0.15, -0.1) is 0 Å². The summed E-state index contributed by atoms with van der Waals surface area (Å²) >= 11 is 0. The standard InChI is InChI=1S/C30H32FNO3/c1-30(2,3)35-29(33)25-16-24(20-14-15-20)27(17-26(25)31)34-23-18-32(19-23)28(21-10-6-4-7-11-21)22-12-8-5-9-13-22/h4-13,16-17,20,23,28H,14-15,18-19H2,1-3H3. The Morgan fingerprint density at radius 1 is 0.943 bits per heavy atom. The van der Waals surface area contributed by atoms with Gasteiger partial charge in [-0.3, -0.25) is 4.90 Å². The highest BCUT2D eigenvalue weighted by Crippen LogP contribution is 2.46. The molecule has 5 heteroatoms. The molecule has 35 heavy (non-hydrogen) atoms. The Bertz CT molecular complexity index is 1140. The summed E-state index contributed by atoms with van der Waals surface area (Å²) in [5, 5.41) is 0. The van der Waals surface area contributed by atoms with E-state index in [9.17, 15) is 9.18 Å². The lowest BCUT2D eigenvalue weighted by atomic mass is 9.94. The summed E-state index contributed by atoms with van der Waals surface area (Å²) in [5.74, 6) is -0.365. The second-order valence-electron chi connectivity index (χ2n) is 10.6. The molecule has 0 atom stereocenters. The maximum atomic E-state index is 15.0. The second-order valence-corrected chi connectivity index (χ2v) is 10.6. The molecule has 3 aromatic rings. The third-order valence-electron chi connectivity index (χ3n) is 6.50. The van der Waals surface area contributed by atoms with Crippen LogP contribution >= 0.6 is 0 Å². The quantitative estimate of drug-likeness (QED) is 0.367. The van der Waals surface area contributed by atoms with Gasteiger partial charge in [0.25, 0.3) is 0 Å². The molecule has 1 heterocycles. The molecular formula is C30H32FNO3. The van der Waals surface area contributed by atoms with Gasteiger partial charge in [0.2, 0.25) is 0 Å². The first-order chi connectivity index (χ1) is 16.8. The summed E-state index contributed by atoms with van der Waals surface area (Å²) in [7, 11) is 0. The normalized spacial score (nSPS) is 16.7. The summed E-state index contributed by atoms with van der Waals surface area (Å²) in [6.07, 6.45) is 2.02. The minimum Gasteiger partial charge on any atom is -0.487 e. The van der Waals surface area contributed by atoms with Crippen molar-refractivity contribution in [1.29, 1.82) is 0 Å². The van der Waals surface area contributed by atoms with Crippen LogP contribution < -0.4 is 4.74 Å². The summed E-state index contributed by atoms with van der Waals surface area (Å²) < 4.78 is 26.7. The van der Waals surface area contributed by atoms with Gasteiger partial charge in [-0.05, 0) is 62.3 Å². The molecule has 0 unspecified atom stereocenters. The van der Waals surface area contributed by atoms with Crippen LogP contribution in [0.5, 0.6) is 5.75 Å². The van der Waals surface area contributed by atoms with Crippen LogP contribution in [0.1, 0.15) is 72.6 Å². The van der Waals surface area contributed by atoms with Gasteiger partial charge < -0.3 is 9.47 Å². The monoisotopic (exact) mass is 473 g/mol. The second kappa shape index (κ2) is 9.46. The first-order valence-corrected chi connectivity index (χ1v) is 12.4. The first kappa shape index (κ1) is 23.6. The van der Waals surface area contributed by atoms with E-state index in [1.165, 1.54) is 17.2 Å². The van der Waals surface area contributed by atoms with Crippen molar-refractivity contribution < 1.29 is 18.7 Å². The predicted octanol–water partition coefficient (Wildman–Crippen LogP) is 6.51. The number of carbonyl (C=O) groups is 1. The molecule has 4 nitrogen and oxygen atoms in total. The van der Waals surface area contributed by atoms with Gasteiger partial charge in [-0.2, -0.15) is 0 Å². The van der Waals surface area contributed by atoms with Gasteiger partial charge >= 0.3 is 5.97 Å². The van der Waals surface area contributed by atoms with Crippen molar-refractivity contribution in [1.82, 2.24) is 4.90 Å². The van der Waals surface area contributed by atoms with E-state index < -0.39 is 17.4 Å². The fraction of sp³-hybridized carbons (Fsp3) is 0.367. The zero-order valence-electron chi connectivity index (χ0n) is 20.5. The molecule has 0 radical (unpaired) electrons. The topological polar surface area (TPSA) is 38.8 Å². The molecule has 0 spiro atoms. The van der Waals surface area contributed by atoms with Gasteiger partial charge in [0, 0.05) is 19.2 Å². The Morgan fingerprint density at radius 3 is 2.03 bits per heavy atom. The van der Waals surface area contributed by atoms with Crippen molar-refractivity contribution in [2.45, 2.75) is 57.3 Å². The smallest absolute Gasteiger partial charge is 0.341 e. The molecule has 0 aromatic heterocycles. The molecule has 5 rings (SSSR count). The molecule has 3 aromatic carbocycles. The number of carbonyl (C=O) groups excluding carboxylic acids is 1. The average Bonchev–Trinajstić information content (AvgIpc) is 3.63. The highest BCUT2D eigenvalue weighted by molar-refractivity contribution is 5.90. The van der Waals surface area contributed by atoms with Gasteiger partial charge in [-0.1, -0.05) is 60.7 Å². The van der Waals surface area contributed by atoms with Crippen LogP contribution in [0, 0.1) is 5.82 Å². The highest BCUT2D eigenvalue weighted by atomic mass is 19.1. The third-order valence-corrected chi connectivity index (χ3v) is 6.50. The molecule has 2 aliphatic rings. The van der Waals surface area contributed by atoms with Crippen LogP contribution in [0.3, 0.4) is 0 Å². The number of rotatable bonds is 7. The Morgan fingerprint density at radius 2 is 1.51 bits per heavy atom. The number of nitrogens with zero attached hydrogens (tertiary/aromatic N) is 1. The number of hydrogen-bond donors (Lipinski definition) is 0. The van der Waals surface area contributed by atoms with Crippen molar-refractivity contribution in [2.75, 3.05) is 13.1 Å². The first-order valence-electron chi connectivity index (χ1n) is 12.4. The highest BCUT2D eigenvalue weighted by Gasteiger charge is 2.37. The fourth-order valence-electron chi connectivity index (χ4n) is 4.70. The summed E-state index contributed by atoms with van der Waals surface area (Å²) in [5.41, 5.74) is 2.69. The fourth-order valence-corrected chi connectivity index (χ4v) is 4.70. The zero-order valence-corrected chi connectivity index (χ0v) is 20.5. The molecule has 0 N–H and O–H groups in total. The molecule has 2 fully saturated rings. The Balaban J connectivity index is 1.33. The molecular weight excluding hydrogens is 441 g/mol. The lowest BCUT2D eigenvalue weighted by molar-refractivity contribution is -0.000500. The van der Waals surface area contributed by atoms with Crippen molar-refractivity contribution in [3.05, 3.63) is 101 Å². The minimum absolute atomic E-state index is 0.0161. The molecule has 1 aliphatic carbocycles. The van der Waals surface area contributed by atoms with E-state index in [4.69, 9.17) is 9.47 Å². The van der Waals surface area contributed by atoms with Crippen LogP contribution in [0.4, 0.5) is 4.39 Å². The van der Waals surface area contributed by atoms with Gasteiger partial charge in [-0.25, -0.2) is 9.18 Å². The number of likely N-dealkylation sites (tertiary alicyclic amines) is 1. The lowest BCUT2D eigenvalue weighted by Crippen LogP contribution is -2.55. The molecule has 182 valence electrons. The average molecular weight is 474 g/mol. The number of halogens is 1. The summed E-state index contributed by atoms with van der Waals surface area (Å²) in [6, 6.07) is 24.1. The van der Waals surface area contributed by atoms with E-state index in [0.717, 1.165) is 31.5 Å². The minimum atomic E-state index is -0.679. The van der Waals surface area contributed by atoms with E-state index in [-0.39, 0.29) is 17.7 Å². The van der Waals surface area contributed by atoms with Crippen LogP contribution in [0.2, 0.25) is 0 Å². The number of ether oxygens (including phenoxy) is 2. The number of benzene rings is 3. The van der Waals surface area contributed by atoms with Gasteiger partial charge in [0.1, 0.15) is 23.3 Å². The molecule has 1 saturated carbocycles. The Labute approximate surface area is 206 Å². The summed E-state index contributed by atoms with van der Waals surface area (Å²) in [6.45, 7) is 6.83. The Kier molecular flexibility index (Phi) is 6.37. The van der Waals surface area contributed by atoms with Crippen molar-refractivity contribution >= 4 is 5.97 Å². The van der Waals surface area contributed by atoms with Gasteiger partial charge in [0.05, 0.1) is 11.6 Å².